The Morgan fingerprint density at radius 3 is 2.75 bits per heavy atom. The predicted octanol–water partition coefficient (Wildman–Crippen LogP) is 3.46. The second-order valence-electron chi connectivity index (χ2n) is 4.68. The highest BCUT2D eigenvalue weighted by Gasteiger charge is 2.21. The van der Waals surface area contributed by atoms with Crippen LogP contribution in [0.4, 0.5) is 5.69 Å². The fourth-order valence-corrected chi connectivity index (χ4v) is 3.11. The lowest BCUT2D eigenvalue weighted by atomic mass is 10.1. The van der Waals surface area contributed by atoms with Gasteiger partial charge in [0, 0.05) is 28.8 Å². The quantitative estimate of drug-likeness (QED) is 0.900. The molecule has 0 radical (unpaired) electrons. The van der Waals surface area contributed by atoms with Crippen molar-refractivity contribution in [3.63, 3.8) is 0 Å². The summed E-state index contributed by atoms with van der Waals surface area (Å²) in [7, 11) is 0. The number of anilines is 1. The fraction of sp³-hybridized carbons (Fsp3) is 0.538. The third-order valence-corrected chi connectivity index (χ3v) is 4.05. The number of rotatable bonds is 2. The van der Waals surface area contributed by atoms with Gasteiger partial charge in [-0.25, -0.2) is 0 Å². The highest BCUT2D eigenvalue weighted by Crippen LogP contribution is 2.31. The van der Waals surface area contributed by atoms with Gasteiger partial charge in [-0.05, 0) is 44.4 Å². The maximum Gasteiger partial charge on any atom is 0.0380 e. The molecule has 1 fully saturated rings. The Labute approximate surface area is 106 Å². The van der Waals surface area contributed by atoms with E-state index in [-0.39, 0.29) is 6.04 Å². The van der Waals surface area contributed by atoms with Gasteiger partial charge in [-0.15, -0.1) is 0 Å². The molecular formula is C13H19BrN2. The van der Waals surface area contributed by atoms with Crippen molar-refractivity contribution in [1.29, 1.82) is 0 Å². The van der Waals surface area contributed by atoms with E-state index < -0.39 is 0 Å². The first kappa shape index (κ1) is 11.9. The highest BCUT2D eigenvalue weighted by molar-refractivity contribution is 9.10. The number of nitrogens with zero attached hydrogens (tertiary/aromatic N) is 1. The van der Waals surface area contributed by atoms with Crippen LogP contribution in [-0.4, -0.2) is 12.6 Å². The Morgan fingerprint density at radius 2 is 2.25 bits per heavy atom. The minimum absolute atomic E-state index is 0.0828. The van der Waals surface area contributed by atoms with Crippen LogP contribution >= 0.6 is 15.9 Å². The molecule has 1 aromatic carbocycles. The van der Waals surface area contributed by atoms with Crippen molar-refractivity contribution in [2.45, 2.75) is 38.8 Å². The lowest BCUT2D eigenvalue weighted by Gasteiger charge is -2.24. The number of halogens is 1. The molecular weight excluding hydrogens is 264 g/mol. The van der Waals surface area contributed by atoms with E-state index in [9.17, 15) is 0 Å². The molecule has 0 aromatic heterocycles. The van der Waals surface area contributed by atoms with Crippen molar-refractivity contribution in [2.24, 2.45) is 5.73 Å². The third-order valence-electron chi connectivity index (χ3n) is 3.36. The summed E-state index contributed by atoms with van der Waals surface area (Å²) in [5, 5.41) is 0. The molecule has 2 atom stereocenters. The van der Waals surface area contributed by atoms with E-state index >= 15 is 0 Å². The Kier molecular flexibility index (Phi) is 3.55. The Balaban J connectivity index is 2.27. The second-order valence-corrected chi connectivity index (χ2v) is 5.53. The molecule has 3 heteroatoms. The van der Waals surface area contributed by atoms with Gasteiger partial charge >= 0.3 is 0 Å². The maximum absolute atomic E-state index is 5.90. The van der Waals surface area contributed by atoms with Gasteiger partial charge < -0.3 is 10.6 Å². The van der Waals surface area contributed by atoms with Crippen LogP contribution in [-0.2, 0) is 0 Å². The number of hydrogen-bond acceptors (Lipinski definition) is 2. The molecule has 0 bridgehead atoms. The van der Waals surface area contributed by atoms with Crippen molar-refractivity contribution < 1.29 is 0 Å². The summed E-state index contributed by atoms with van der Waals surface area (Å²) in [6.07, 6.45) is 2.60. The van der Waals surface area contributed by atoms with Crippen LogP contribution in [0.3, 0.4) is 0 Å². The molecule has 1 aliphatic rings. The first-order chi connectivity index (χ1) is 7.59. The second kappa shape index (κ2) is 4.76. The molecule has 88 valence electrons. The summed E-state index contributed by atoms with van der Waals surface area (Å²) < 4.78 is 1.12. The lowest BCUT2D eigenvalue weighted by molar-refractivity contribution is 0.734. The van der Waals surface area contributed by atoms with Gasteiger partial charge in [0.1, 0.15) is 0 Å². The summed E-state index contributed by atoms with van der Waals surface area (Å²) in [5.74, 6) is 0. The maximum atomic E-state index is 5.90. The zero-order valence-electron chi connectivity index (χ0n) is 9.91. The summed E-state index contributed by atoms with van der Waals surface area (Å²) in [6, 6.07) is 7.26. The van der Waals surface area contributed by atoms with E-state index in [4.69, 9.17) is 5.73 Å². The molecule has 2 N–H and O–H groups in total. The molecule has 1 heterocycles. The first-order valence-corrected chi connectivity index (χ1v) is 6.70. The van der Waals surface area contributed by atoms with E-state index in [1.54, 1.807) is 0 Å². The molecule has 2 rings (SSSR count). The minimum atomic E-state index is 0.0828. The lowest BCUT2D eigenvalue weighted by Crippen LogP contribution is -2.26. The average molecular weight is 283 g/mol. The van der Waals surface area contributed by atoms with Gasteiger partial charge in [0.05, 0.1) is 0 Å². The fourth-order valence-electron chi connectivity index (χ4n) is 2.38. The summed E-state index contributed by atoms with van der Waals surface area (Å²) in [4.78, 5) is 2.47. The third kappa shape index (κ3) is 2.25. The molecule has 16 heavy (non-hydrogen) atoms. The van der Waals surface area contributed by atoms with E-state index in [1.165, 1.54) is 30.6 Å². The van der Waals surface area contributed by atoms with Crippen LogP contribution < -0.4 is 10.6 Å². The van der Waals surface area contributed by atoms with Crippen LogP contribution in [0.1, 0.15) is 38.3 Å². The van der Waals surface area contributed by atoms with Crippen LogP contribution in [0, 0.1) is 0 Å². The number of nitrogens with two attached hydrogens (primary N) is 1. The first-order valence-electron chi connectivity index (χ1n) is 5.91. The molecule has 0 amide bonds. The average Bonchev–Trinajstić information content (AvgIpc) is 2.63. The number of benzene rings is 1. The molecule has 1 saturated heterocycles. The van der Waals surface area contributed by atoms with Gasteiger partial charge in [0.2, 0.25) is 0 Å². The zero-order valence-corrected chi connectivity index (χ0v) is 11.5. The Morgan fingerprint density at radius 1 is 1.50 bits per heavy atom. The molecule has 1 unspecified atom stereocenters. The smallest absolute Gasteiger partial charge is 0.0380 e. The molecule has 0 aliphatic carbocycles. The van der Waals surface area contributed by atoms with Crippen LogP contribution in [0.15, 0.2) is 22.7 Å². The van der Waals surface area contributed by atoms with E-state index in [2.05, 4.69) is 46.0 Å². The van der Waals surface area contributed by atoms with Gasteiger partial charge in [0.15, 0.2) is 0 Å². The van der Waals surface area contributed by atoms with Crippen molar-refractivity contribution in [1.82, 2.24) is 0 Å². The van der Waals surface area contributed by atoms with Gasteiger partial charge in [-0.3, -0.25) is 0 Å². The summed E-state index contributed by atoms with van der Waals surface area (Å²) in [5.41, 5.74) is 8.38. The van der Waals surface area contributed by atoms with Gasteiger partial charge in [-0.2, -0.15) is 0 Å². The van der Waals surface area contributed by atoms with E-state index in [0.717, 1.165) is 4.47 Å². The molecule has 2 nitrogen and oxygen atoms in total. The van der Waals surface area contributed by atoms with E-state index in [0.29, 0.717) is 6.04 Å². The van der Waals surface area contributed by atoms with Gasteiger partial charge in [0.25, 0.3) is 0 Å². The Hall–Kier alpha value is -0.540. The van der Waals surface area contributed by atoms with Crippen molar-refractivity contribution >= 4 is 21.6 Å². The SMILES string of the molecule is CC1CCCN1c1ccc([C@@H](C)N)c(Br)c1. The molecule has 0 saturated carbocycles. The monoisotopic (exact) mass is 282 g/mol. The topological polar surface area (TPSA) is 29.3 Å². The van der Waals surface area contributed by atoms with Crippen LogP contribution in [0.25, 0.3) is 0 Å². The predicted molar refractivity (Wildman–Crippen MR) is 72.8 cm³/mol. The van der Waals surface area contributed by atoms with E-state index in [1.807, 2.05) is 6.92 Å². The molecule has 1 aromatic rings. The number of hydrogen-bond donors (Lipinski definition) is 1. The van der Waals surface area contributed by atoms with Gasteiger partial charge in [-0.1, -0.05) is 22.0 Å². The van der Waals surface area contributed by atoms with Crippen LogP contribution in [0.2, 0.25) is 0 Å². The normalized spacial score (nSPS) is 22.5. The largest absolute Gasteiger partial charge is 0.369 e. The highest BCUT2D eigenvalue weighted by atomic mass is 79.9. The molecule has 1 aliphatic heterocycles. The van der Waals surface area contributed by atoms with Crippen molar-refractivity contribution in [2.75, 3.05) is 11.4 Å². The standard InChI is InChI=1S/C13H19BrN2/c1-9-4-3-7-16(9)11-5-6-12(10(2)15)13(14)8-11/h5-6,8-10H,3-4,7,15H2,1-2H3/t9?,10-/m1/s1. The summed E-state index contributed by atoms with van der Waals surface area (Å²) in [6.45, 7) is 5.48. The molecule has 0 spiro atoms. The zero-order chi connectivity index (χ0) is 11.7. The van der Waals surface area contributed by atoms with Crippen LogP contribution in [0.5, 0.6) is 0 Å². The van der Waals surface area contributed by atoms with Crippen molar-refractivity contribution in [3.8, 4) is 0 Å². The van der Waals surface area contributed by atoms with Crippen molar-refractivity contribution in [3.05, 3.63) is 28.2 Å². The minimum Gasteiger partial charge on any atom is -0.369 e. The Bertz CT molecular complexity index is 376. The summed E-state index contributed by atoms with van der Waals surface area (Å²) >= 11 is 3.61.